The van der Waals surface area contributed by atoms with Crippen molar-refractivity contribution in [2.24, 2.45) is 0 Å². The number of fused-ring (bicyclic) bond motifs is 2. The third-order valence-electron chi connectivity index (χ3n) is 7.16. The van der Waals surface area contributed by atoms with Crippen molar-refractivity contribution in [3.8, 4) is 0 Å². The van der Waals surface area contributed by atoms with Gasteiger partial charge in [-0.15, -0.1) is 0 Å². The van der Waals surface area contributed by atoms with E-state index in [9.17, 15) is 18.0 Å². The number of anilines is 1. The first-order valence-electron chi connectivity index (χ1n) is 12.1. The summed E-state index contributed by atoms with van der Waals surface area (Å²) in [5.74, 6) is -1.08. The van der Waals surface area contributed by atoms with Gasteiger partial charge in [0.1, 0.15) is 22.0 Å². The Morgan fingerprint density at radius 3 is 2.70 bits per heavy atom. The van der Waals surface area contributed by atoms with Crippen molar-refractivity contribution < 1.29 is 22.7 Å². The number of ketones is 1. The molecule has 2 aliphatic heterocycles. The molecule has 2 aliphatic rings. The van der Waals surface area contributed by atoms with Crippen LogP contribution < -0.4 is 4.90 Å². The van der Waals surface area contributed by atoms with E-state index in [4.69, 9.17) is 4.74 Å². The zero-order chi connectivity index (χ0) is 26.4. The van der Waals surface area contributed by atoms with Crippen molar-refractivity contribution in [1.82, 2.24) is 13.1 Å². The maximum Gasteiger partial charge on any atom is 0.324 e. The number of esters is 1. The summed E-state index contributed by atoms with van der Waals surface area (Å²) in [7, 11) is -2.13. The molecule has 1 unspecified atom stereocenters. The van der Waals surface area contributed by atoms with Gasteiger partial charge in [0.05, 0.1) is 11.7 Å². The van der Waals surface area contributed by atoms with Gasteiger partial charge in [0, 0.05) is 36.5 Å². The summed E-state index contributed by atoms with van der Waals surface area (Å²) in [5.41, 5.74) is 3.34. The minimum atomic E-state index is -4.03. The third-order valence-corrected chi connectivity index (χ3v) is 9.64. The Morgan fingerprint density at radius 1 is 1.14 bits per heavy atom. The normalized spacial score (nSPS) is 20.8. The van der Waals surface area contributed by atoms with Gasteiger partial charge in [-0.1, -0.05) is 38.1 Å². The van der Waals surface area contributed by atoms with E-state index < -0.39 is 28.6 Å². The summed E-state index contributed by atoms with van der Waals surface area (Å²) in [6, 6.07) is 11.7. The third kappa shape index (κ3) is 4.45. The van der Waals surface area contributed by atoms with Crippen LogP contribution in [0.5, 0.6) is 0 Å². The number of likely N-dealkylation sites (N-methyl/N-ethyl adjacent to an activating group) is 1. The van der Waals surface area contributed by atoms with E-state index in [1.54, 1.807) is 12.1 Å². The van der Waals surface area contributed by atoms with Crippen LogP contribution >= 0.6 is 11.7 Å². The van der Waals surface area contributed by atoms with Gasteiger partial charge >= 0.3 is 5.97 Å². The molecule has 0 bridgehead atoms. The molecule has 0 radical (unpaired) electrons. The number of piperidine rings is 1. The molecule has 1 fully saturated rings. The molecule has 11 heteroatoms. The van der Waals surface area contributed by atoms with E-state index in [1.807, 2.05) is 50.1 Å². The number of rotatable bonds is 6. The molecule has 1 saturated heterocycles. The van der Waals surface area contributed by atoms with Crippen LogP contribution in [0.4, 0.5) is 5.69 Å². The summed E-state index contributed by atoms with van der Waals surface area (Å²) in [5, 5.41) is 0. The predicted molar refractivity (Wildman–Crippen MR) is 141 cm³/mol. The maximum absolute atomic E-state index is 13.6. The lowest BCUT2D eigenvalue weighted by atomic mass is 9.83. The summed E-state index contributed by atoms with van der Waals surface area (Å²) in [6.07, 6.45) is 3.15. The number of nitrogens with zero attached hydrogens (tertiary/aromatic N) is 4. The highest BCUT2D eigenvalue weighted by molar-refractivity contribution is 7.89. The molecule has 5 rings (SSSR count). The lowest BCUT2D eigenvalue weighted by molar-refractivity contribution is -0.151. The van der Waals surface area contributed by atoms with Gasteiger partial charge in [-0.25, -0.2) is 8.42 Å². The van der Waals surface area contributed by atoms with Crippen molar-refractivity contribution >= 4 is 50.2 Å². The second kappa shape index (κ2) is 9.62. The highest BCUT2D eigenvalue weighted by atomic mass is 32.2. The van der Waals surface area contributed by atoms with E-state index in [0.29, 0.717) is 24.8 Å². The van der Waals surface area contributed by atoms with Gasteiger partial charge in [-0.05, 0) is 43.0 Å². The molecule has 3 heterocycles. The fourth-order valence-corrected chi connectivity index (χ4v) is 7.64. The first-order valence-corrected chi connectivity index (χ1v) is 14.3. The van der Waals surface area contributed by atoms with Crippen LogP contribution in [0.1, 0.15) is 38.7 Å². The topological polar surface area (TPSA) is 110 Å². The highest BCUT2D eigenvalue weighted by Gasteiger charge is 2.41. The fraction of sp³-hybridized carbons (Fsp3) is 0.385. The zero-order valence-electron chi connectivity index (χ0n) is 20.9. The Kier molecular flexibility index (Phi) is 6.63. The predicted octanol–water partition coefficient (Wildman–Crippen LogP) is 3.66. The Hall–Kier alpha value is -3.15. The molecule has 0 N–H and O–H groups in total. The van der Waals surface area contributed by atoms with Crippen LogP contribution in [0.15, 0.2) is 59.1 Å². The number of hydrogen-bond acceptors (Lipinski definition) is 9. The summed E-state index contributed by atoms with van der Waals surface area (Å²) in [4.78, 5) is 27.9. The summed E-state index contributed by atoms with van der Waals surface area (Å²) >= 11 is 0.936. The Bertz CT molecular complexity index is 1510. The number of sulfonamides is 1. The van der Waals surface area contributed by atoms with Gasteiger partial charge in [-0.2, -0.15) is 13.1 Å². The zero-order valence-corrected chi connectivity index (χ0v) is 22.5. The van der Waals surface area contributed by atoms with E-state index in [2.05, 4.69) is 8.75 Å². The van der Waals surface area contributed by atoms with Crippen molar-refractivity contribution in [1.29, 1.82) is 0 Å². The molecule has 9 nitrogen and oxygen atoms in total. The van der Waals surface area contributed by atoms with Crippen LogP contribution in [0, 0.1) is 0 Å². The van der Waals surface area contributed by atoms with Crippen LogP contribution in [-0.4, -0.2) is 59.5 Å². The average molecular weight is 541 g/mol. The second-order valence-corrected chi connectivity index (χ2v) is 12.2. The molecule has 194 valence electrons. The Morgan fingerprint density at radius 2 is 1.92 bits per heavy atom. The number of carbonyl (C=O) groups is 2. The Labute approximate surface area is 220 Å². The molecule has 0 saturated carbocycles. The molecule has 1 atom stereocenters. The number of carbonyl (C=O) groups excluding carboxylic acids is 2. The van der Waals surface area contributed by atoms with E-state index in [0.717, 1.165) is 28.7 Å². The quantitative estimate of drug-likeness (QED) is 0.344. The molecule has 37 heavy (non-hydrogen) atoms. The first kappa shape index (κ1) is 25.5. The molecule has 1 aromatic heterocycles. The van der Waals surface area contributed by atoms with Crippen molar-refractivity contribution in [3.05, 3.63) is 59.8 Å². The number of benzene rings is 2. The number of aromatic nitrogens is 2. The molecule has 0 amide bonds. The van der Waals surface area contributed by atoms with Crippen molar-refractivity contribution in [3.63, 3.8) is 0 Å². The summed E-state index contributed by atoms with van der Waals surface area (Å²) in [6.45, 7) is 3.82. The lowest BCUT2D eigenvalue weighted by Gasteiger charge is -2.32. The van der Waals surface area contributed by atoms with Crippen LogP contribution in [0.25, 0.3) is 11.0 Å². The minimum absolute atomic E-state index is 0.0188. The van der Waals surface area contributed by atoms with E-state index in [1.165, 1.54) is 16.4 Å². The minimum Gasteiger partial charge on any atom is -0.456 e. The molecule has 2 aromatic carbocycles. The van der Waals surface area contributed by atoms with Crippen LogP contribution in [0.2, 0.25) is 0 Å². The fourth-order valence-electron chi connectivity index (χ4n) is 5.24. The SMILES string of the molecule is CN1C(=CC(=O)COC(=O)C2CCCCN2S(=O)(=O)c2cccc3nsnc23)C(C)(C)c2ccccc21. The van der Waals surface area contributed by atoms with Gasteiger partial charge < -0.3 is 9.64 Å². The summed E-state index contributed by atoms with van der Waals surface area (Å²) < 4.78 is 42.0. The van der Waals surface area contributed by atoms with Crippen molar-refractivity contribution in [2.75, 3.05) is 25.1 Å². The largest absolute Gasteiger partial charge is 0.456 e. The van der Waals surface area contributed by atoms with Gasteiger partial charge in [0.2, 0.25) is 10.0 Å². The molecule has 0 spiro atoms. The molecule has 0 aliphatic carbocycles. The molecule has 3 aromatic rings. The highest BCUT2D eigenvalue weighted by Crippen LogP contribution is 2.46. The molecular formula is C26H28N4O5S2. The number of hydrogen-bond donors (Lipinski definition) is 0. The van der Waals surface area contributed by atoms with Gasteiger partial charge in [-0.3, -0.25) is 9.59 Å². The maximum atomic E-state index is 13.6. The monoisotopic (exact) mass is 540 g/mol. The smallest absolute Gasteiger partial charge is 0.324 e. The first-order chi connectivity index (χ1) is 17.6. The second-order valence-electron chi connectivity index (χ2n) is 9.82. The standard InChI is InChI=1S/C26H28N4O5S2/c1-26(2)18-9-4-5-11-20(18)29(3)23(26)15-17(31)16-35-25(32)21-12-6-7-14-30(21)37(33,34)22-13-8-10-19-24(22)28-36-27-19/h4-5,8-11,13,15,21H,6-7,12,14,16H2,1-3H3. The van der Waals surface area contributed by atoms with Crippen LogP contribution in [-0.2, 0) is 29.8 Å². The molecular weight excluding hydrogens is 512 g/mol. The Balaban J connectivity index is 1.32. The van der Waals surface area contributed by atoms with Gasteiger partial charge in [0.25, 0.3) is 0 Å². The van der Waals surface area contributed by atoms with E-state index in [-0.39, 0.29) is 28.2 Å². The number of ether oxygens (including phenoxy) is 1. The number of allylic oxidation sites excluding steroid dienone is 1. The van der Waals surface area contributed by atoms with Crippen molar-refractivity contribution in [2.45, 2.75) is 49.5 Å². The van der Waals surface area contributed by atoms with Crippen LogP contribution in [0.3, 0.4) is 0 Å². The number of para-hydroxylation sites is 1. The van der Waals surface area contributed by atoms with E-state index >= 15 is 0 Å². The average Bonchev–Trinajstić information content (AvgIpc) is 3.45. The van der Waals surface area contributed by atoms with Gasteiger partial charge in [0.15, 0.2) is 12.4 Å². The lowest BCUT2D eigenvalue weighted by Crippen LogP contribution is -2.48.